The number of aliphatic imine (C=N–C) groups is 1. The second-order valence-corrected chi connectivity index (χ2v) is 5.42. The molecule has 0 spiro atoms. The standard InChI is InChI=1S/C11H11NO4S/c1-8-7-12-11(17(8,13)14)16-10-5-3-4-9(6-10)15-2/h3-7H,1-2H3. The van der Waals surface area contributed by atoms with Gasteiger partial charge in [-0.15, -0.1) is 0 Å². The molecule has 0 fully saturated rings. The summed E-state index contributed by atoms with van der Waals surface area (Å²) in [5.41, 5.74) is 0. The second-order valence-electron chi connectivity index (χ2n) is 3.42. The predicted octanol–water partition coefficient (Wildman–Crippen LogP) is 1.72. The monoisotopic (exact) mass is 253 g/mol. The quantitative estimate of drug-likeness (QED) is 0.805. The van der Waals surface area contributed by atoms with E-state index in [2.05, 4.69) is 4.99 Å². The van der Waals surface area contributed by atoms with Gasteiger partial charge in [0, 0.05) is 12.3 Å². The number of sulfone groups is 1. The SMILES string of the molecule is COc1cccc(OC2=NC=C(C)S2(=O)=O)c1. The van der Waals surface area contributed by atoms with Crippen molar-refractivity contribution in [3.8, 4) is 11.5 Å². The third-order valence-electron chi connectivity index (χ3n) is 2.25. The maximum Gasteiger partial charge on any atom is 0.320 e. The highest BCUT2D eigenvalue weighted by atomic mass is 32.2. The normalized spacial score (nSPS) is 17.3. The first-order chi connectivity index (χ1) is 8.04. The van der Waals surface area contributed by atoms with Gasteiger partial charge in [0.25, 0.3) is 9.84 Å². The molecule has 0 N–H and O–H groups in total. The lowest BCUT2D eigenvalue weighted by molar-refractivity contribution is 0.412. The average molecular weight is 253 g/mol. The van der Waals surface area contributed by atoms with Gasteiger partial charge >= 0.3 is 5.23 Å². The summed E-state index contributed by atoms with van der Waals surface area (Å²) in [7, 11) is -2.01. The first-order valence-corrected chi connectivity index (χ1v) is 6.34. The molecule has 0 saturated heterocycles. The fourth-order valence-electron chi connectivity index (χ4n) is 1.27. The summed E-state index contributed by atoms with van der Waals surface area (Å²) >= 11 is 0. The zero-order chi connectivity index (χ0) is 12.5. The first-order valence-electron chi connectivity index (χ1n) is 4.85. The molecule has 0 amide bonds. The molecule has 0 unspecified atom stereocenters. The highest BCUT2D eigenvalue weighted by Crippen LogP contribution is 2.23. The van der Waals surface area contributed by atoms with E-state index in [0.717, 1.165) is 0 Å². The fourth-order valence-corrected chi connectivity index (χ4v) is 2.13. The van der Waals surface area contributed by atoms with Crippen LogP contribution >= 0.6 is 0 Å². The lowest BCUT2D eigenvalue weighted by Crippen LogP contribution is -2.18. The van der Waals surface area contributed by atoms with Gasteiger partial charge in [-0.1, -0.05) is 6.07 Å². The van der Waals surface area contributed by atoms with Gasteiger partial charge in [0.2, 0.25) is 0 Å². The summed E-state index contributed by atoms with van der Waals surface area (Å²) in [5.74, 6) is 0.956. The van der Waals surface area contributed by atoms with Crippen LogP contribution in [0.3, 0.4) is 0 Å². The molecule has 5 nitrogen and oxygen atoms in total. The van der Waals surface area contributed by atoms with Crippen LogP contribution in [0.2, 0.25) is 0 Å². The Morgan fingerprint density at radius 3 is 2.53 bits per heavy atom. The summed E-state index contributed by atoms with van der Waals surface area (Å²) < 4.78 is 33.6. The van der Waals surface area contributed by atoms with Gasteiger partial charge in [0.05, 0.1) is 12.0 Å². The number of rotatable bonds is 2. The lowest BCUT2D eigenvalue weighted by atomic mass is 10.3. The van der Waals surface area contributed by atoms with Gasteiger partial charge in [0.1, 0.15) is 11.5 Å². The van der Waals surface area contributed by atoms with Crippen LogP contribution in [0.25, 0.3) is 0 Å². The van der Waals surface area contributed by atoms with Crippen LogP contribution in [0, 0.1) is 0 Å². The minimum absolute atomic E-state index is 0.176. The van der Waals surface area contributed by atoms with E-state index < -0.39 is 9.84 Å². The Morgan fingerprint density at radius 2 is 1.94 bits per heavy atom. The van der Waals surface area contributed by atoms with E-state index in [4.69, 9.17) is 9.47 Å². The van der Waals surface area contributed by atoms with E-state index in [-0.39, 0.29) is 10.1 Å². The van der Waals surface area contributed by atoms with E-state index in [0.29, 0.717) is 11.5 Å². The topological polar surface area (TPSA) is 65.0 Å². The molecule has 1 aromatic rings. The number of benzene rings is 1. The zero-order valence-corrected chi connectivity index (χ0v) is 10.2. The molecule has 0 atom stereocenters. The van der Waals surface area contributed by atoms with Crippen molar-refractivity contribution in [1.29, 1.82) is 0 Å². The molecule has 1 aromatic carbocycles. The van der Waals surface area contributed by atoms with Crippen LogP contribution in [0.4, 0.5) is 0 Å². The predicted molar refractivity (Wildman–Crippen MR) is 63.7 cm³/mol. The number of ether oxygens (including phenoxy) is 2. The van der Waals surface area contributed by atoms with Crippen LogP contribution in [0.5, 0.6) is 11.5 Å². The van der Waals surface area contributed by atoms with Crippen LogP contribution in [0.15, 0.2) is 40.4 Å². The van der Waals surface area contributed by atoms with Crippen molar-refractivity contribution >= 4 is 15.1 Å². The van der Waals surface area contributed by atoms with Gasteiger partial charge in [-0.3, -0.25) is 0 Å². The van der Waals surface area contributed by atoms with Crippen molar-refractivity contribution in [3.63, 3.8) is 0 Å². The number of hydrogen-bond donors (Lipinski definition) is 0. The Kier molecular flexibility index (Phi) is 2.89. The molecule has 90 valence electrons. The molecular weight excluding hydrogens is 242 g/mol. The maximum absolute atomic E-state index is 11.7. The van der Waals surface area contributed by atoms with Gasteiger partial charge in [0.15, 0.2) is 0 Å². The largest absolute Gasteiger partial charge is 0.497 e. The lowest BCUT2D eigenvalue weighted by Gasteiger charge is -2.06. The van der Waals surface area contributed by atoms with Crippen LogP contribution in [-0.2, 0) is 9.84 Å². The molecule has 0 aromatic heterocycles. The summed E-state index contributed by atoms with van der Waals surface area (Å²) in [6.07, 6.45) is 1.27. The van der Waals surface area contributed by atoms with E-state index in [9.17, 15) is 8.42 Å². The summed E-state index contributed by atoms with van der Waals surface area (Å²) in [4.78, 5) is 3.90. The van der Waals surface area contributed by atoms with Crippen LogP contribution < -0.4 is 9.47 Å². The average Bonchev–Trinajstić information content (AvgIpc) is 2.56. The number of methoxy groups -OCH3 is 1. The number of allylic oxidation sites excluding steroid dienone is 1. The Labute approximate surface area is 99.3 Å². The first kappa shape index (κ1) is 11.7. The van der Waals surface area contributed by atoms with Crippen molar-refractivity contribution in [2.75, 3.05) is 7.11 Å². The molecule has 17 heavy (non-hydrogen) atoms. The maximum atomic E-state index is 11.7. The van der Waals surface area contributed by atoms with Crippen LogP contribution in [-0.4, -0.2) is 20.8 Å². The Hall–Kier alpha value is -1.82. The van der Waals surface area contributed by atoms with Crippen molar-refractivity contribution in [2.45, 2.75) is 6.92 Å². The molecule has 6 heteroatoms. The molecule has 0 radical (unpaired) electrons. The number of nitrogens with zero attached hydrogens (tertiary/aromatic N) is 1. The van der Waals surface area contributed by atoms with Gasteiger partial charge in [-0.25, -0.2) is 13.4 Å². The smallest absolute Gasteiger partial charge is 0.320 e. The Balaban J connectivity index is 2.24. The van der Waals surface area contributed by atoms with Gasteiger partial charge in [-0.2, -0.15) is 0 Å². The summed E-state index contributed by atoms with van der Waals surface area (Å²) in [5, 5.41) is -0.303. The number of hydrogen-bond acceptors (Lipinski definition) is 5. The molecule has 1 aliphatic heterocycles. The second kappa shape index (κ2) is 4.21. The fraction of sp³-hybridized carbons (Fsp3) is 0.182. The molecule has 0 bridgehead atoms. The van der Waals surface area contributed by atoms with Gasteiger partial charge in [-0.05, 0) is 19.1 Å². The van der Waals surface area contributed by atoms with Crippen molar-refractivity contribution in [1.82, 2.24) is 0 Å². The van der Waals surface area contributed by atoms with Crippen LogP contribution in [0.1, 0.15) is 6.92 Å². The molecule has 1 aliphatic rings. The van der Waals surface area contributed by atoms with E-state index in [1.165, 1.54) is 20.2 Å². The molecule has 1 heterocycles. The molecule has 2 rings (SSSR count). The molecular formula is C11H11NO4S. The minimum atomic E-state index is -3.54. The van der Waals surface area contributed by atoms with Crippen molar-refractivity contribution < 1.29 is 17.9 Å². The third kappa shape index (κ3) is 2.16. The van der Waals surface area contributed by atoms with E-state index in [1.54, 1.807) is 24.3 Å². The zero-order valence-electron chi connectivity index (χ0n) is 9.38. The van der Waals surface area contributed by atoms with Crippen molar-refractivity contribution in [2.24, 2.45) is 4.99 Å². The third-order valence-corrected chi connectivity index (χ3v) is 3.85. The molecule has 0 saturated carbocycles. The highest BCUT2D eigenvalue weighted by Gasteiger charge is 2.28. The van der Waals surface area contributed by atoms with E-state index in [1.807, 2.05) is 0 Å². The van der Waals surface area contributed by atoms with E-state index >= 15 is 0 Å². The highest BCUT2D eigenvalue weighted by molar-refractivity contribution is 8.09. The summed E-state index contributed by atoms with van der Waals surface area (Å²) in [6, 6.07) is 6.66. The molecule has 0 aliphatic carbocycles. The Bertz CT molecular complexity index is 602. The van der Waals surface area contributed by atoms with Crippen molar-refractivity contribution in [3.05, 3.63) is 35.4 Å². The Morgan fingerprint density at radius 1 is 1.24 bits per heavy atom. The minimum Gasteiger partial charge on any atom is -0.497 e. The van der Waals surface area contributed by atoms with Gasteiger partial charge < -0.3 is 9.47 Å². The summed E-state index contributed by atoms with van der Waals surface area (Å²) in [6.45, 7) is 1.47.